The molecule has 8 nitrogen and oxygen atoms in total. The van der Waals surface area contributed by atoms with Gasteiger partial charge in [0.05, 0.1) is 13.2 Å². The lowest BCUT2D eigenvalue weighted by molar-refractivity contribution is -0.145. The molecule has 9 heteroatoms. The average molecular weight is 559 g/mol. The monoisotopic (exact) mass is 559 g/mol. The third-order valence-corrected chi connectivity index (χ3v) is 5.82. The van der Waals surface area contributed by atoms with Gasteiger partial charge in [-0.15, -0.1) is 24.0 Å². The molecule has 2 heterocycles. The number of aliphatic imine (C=N–C) groups is 1. The maximum Gasteiger partial charge on any atom is 0.243 e. The van der Waals surface area contributed by atoms with Crippen molar-refractivity contribution < 1.29 is 14.3 Å². The number of piperidine rings is 1. The minimum atomic E-state index is -0.541. The maximum absolute atomic E-state index is 12.0. The third kappa shape index (κ3) is 8.84. The van der Waals surface area contributed by atoms with Gasteiger partial charge in [0.2, 0.25) is 5.91 Å². The highest BCUT2D eigenvalue weighted by atomic mass is 127. The van der Waals surface area contributed by atoms with E-state index in [1.807, 2.05) is 6.92 Å². The van der Waals surface area contributed by atoms with Gasteiger partial charge in [0, 0.05) is 52.7 Å². The van der Waals surface area contributed by atoms with Crippen LogP contribution in [0.15, 0.2) is 35.3 Å². The molecule has 0 aliphatic carbocycles. The fourth-order valence-corrected chi connectivity index (χ4v) is 3.82. The molecule has 0 saturated carbocycles. The van der Waals surface area contributed by atoms with Crippen LogP contribution >= 0.6 is 24.0 Å². The van der Waals surface area contributed by atoms with Crippen LogP contribution in [0.2, 0.25) is 0 Å². The fraction of sp³-hybridized carbons (Fsp3) is 0.652. The van der Waals surface area contributed by atoms with Gasteiger partial charge in [0.1, 0.15) is 6.54 Å². The van der Waals surface area contributed by atoms with Crippen LogP contribution in [-0.4, -0.2) is 87.0 Å². The molecule has 2 aliphatic rings. The molecule has 0 unspecified atom stereocenters. The first-order valence-corrected chi connectivity index (χ1v) is 11.2. The van der Waals surface area contributed by atoms with Crippen molar-refractivity contribution in [3.63, 3.8) is 0 Å². The number of carbonyl (C=O) groups is 1. The first-order valence-electron chi connectivity index (χ1n) is 11.2. The van der Waals surface area contributed by atoms with E-state index in [0.29, 0.717) is 38.2 Å². The predicted octanol–water partition coefficient (Wildman–Crippen LogP) is 2.05. The summed E-state index contributed by atoms with van der Waals surface area (Å²) in [4.78, 5) is 20.6. The summed E-state index contributed by atoms with van der Waals surface area (Å²) >= 11 is 0. The second kappa shape index (κ2) is 13.3. The number of nitrogens with zero attached hydrogens (tertiary/aromatic N) is 3. The van der Waals surface area contributed by atoms with Gasteiger partial charge in [0.25, 0.3) is 0 Å². The summed E-state index contributed by atoms with van der Waals surface area (Å²) in [6.45, 7) is 7.08. The third-order valence-electron chi connectivity index (χ3n) is 5.82. The smallest absolute Gasteiger partial charge is 0.243 e. The van der Waals surface area contributed by atoms with E-state index in [-0.39, 0.29) is 36.4 Å². The maximum atomic E-state index is 12.0. The number of benzene rings is 1. The van der Waals surface area contributed by atoms with Gasteiger partial charge >= 0.3 is 0 Å². The molecule has 0 radical (unpaired) electrons. The molecule has 2 fully saturated rings. The molecule has 2 saturated heterocycles. The zero-order chi connectivity index (χ0) is 22.1. The Kier molecular flexibility index (Phi) is 11.2. The van der Waals surface area contributed by atoms with Gasteiger partial charge in [-0.25, -0.2) is 4.99 Å². The van der Waals surface area contributed by atoms with Gasteiger partial charge in [-0.3, -0.25) is 9.69 Å². The number of guanidine groups is 1. The molecule has 0 aromatic heterocycles. The molecule has 32 heavy (non-hydrogen) atoms. The van der Waals surface area contributed by atoms with E-state index < -0.39 is 5.79 Å². The van der Waals surface area contributed by atoms with E-state index in [0.717, 1.165) is 32.5 Å². The molecule has 0 bridgehead atoms. The van der Waals surface area contributed by atoms with Crippen molar-refractivity contribution in [2.75, 3.05) is 53.5 Å². The number of likely N-dealkylation sites (tertiary alicyclic amines) is 1. The van der Waals surface area contributed by atoms with Crippen molar-refractivity contribution in [1.29, 1.82) is 0 Å². The minimum Gasteiger partial charge on any atom is -0.356 e. The van der Waals surface area contributed by atoms with Gasteiger partial charge in [0.15, 0.2) is 11.7 Å². The standard InChI is InChI=1S/C23H37N5O3.HI/c1-23(30-15-16-31-23)11-12-24-22(25-17-21(29)27(2)3)26-20-9-13-28(14-10-20)18-19-7-5-4-6-8-19;/h4-8,20H,9-18H2,1-3H3,(H2,24,25,26);1H. The SMILES string of the molecule is CN(C)C(=O)CN=C(NCCC1(C)OCCO1)NC1CCN(Cc2ccccc2)CC1.I. The number of hydrogen-bond donors (Lipinski definition) is 2. The number of rotatable bonds is 8. The Balaban J connectivity index is 0.00000363. The van der Waals surface area contributed by atoms with E-state index in [1.165, 1.54) is 5.56 Å². The Labute approximate surface area is 209 Å². The highest BCUT2D eigenvalue weighted by Crippen LogP contribution is 2.21. The second-order valence-corrected chi connectivity index (χ2v) is 8.64. The number of nitrogens with one attached hydrogen (secondary N) is 2. The Morgan fingerprint density at radius 2 is 1.84 bits per heavy atom. The number of likely N-dealkylation sites (N-methyl/N-ethyl adjacent to an activating group) is 1. The van der Waals surface area contributed by atoms with Gasteiger partial charge < -0.3 is 25.0 Å². The Morgan fingerprint density at radius 3 is 2.47 bits per heavy atom. The first kappa shape index (κ1) is 26.8. The van der Waals surface area contributed by atoms with Gasteiger partial charge in [-0.1, -0.05) is 30.3 Å². The van der Waals surface area contributed by atoms with Crippen LogP contribution in [-0.2, 0) is 20.8 Å². The van der Waals surface area contributed by atoms with Crippen LogP contribution in [0.5, 0.6) is 0 Å². The summed E-state index contributed by atoms with van der Waals surface area (Å²) in [6.07, 6.45) is 2.79. The minimum absolute atomic E-state index is 0. The van der Waals surface area contributed by atoms with Crippen molar-refractivity contribution in [3.05, 3.63) is 35.9 Å². The predicted molar refractivity (Wildman–Crippen MR) is 137 cm³/mol. The molecule has 0 spiro atoms. The van der Waals surface area contributed by atoms with Crippen LogP contribution in [0.3, 0.4) is 0 Å². The van der Waals surface area contributed by atoms with Crippen LogP contribution < -0.4 is 10.6 Å². The topological polar surface area (TPSA) is 78.4 Å². The zero-order valence-corrected chi connectivity index (χ0v) is 21.8. The summed E-state index contributed by atoms with van der Waals surface area (Å²) in [5.41, 5.74) is 1.35. The molecular formula is C23H38IN5O3. The van der Waals surface area contributed by atoms with Crippen molar-refractivity contribution in [3.8, 4) is 0 Å². The Hall–Kier alpha value is -1.43. The normalized spacial score (nSPS) is 19.3. The summed E-state index contributed by atoms with van der Waals surface area (Å²) in [6, 6.07) is 10.9. The molecule has 2 aliphatic heterocycles. The summed E-state index contributed by atoms with van der Waals surface area (Å²) in [5.74, 6) is 0.117. The van der Waals surface area contributed by atoms with E-state index in [2.05, 4.69) is 50.9 Å². The summed E-state index contributed by atoms with van der Waals surface area (Å²) < 4.78 is 11.3. The largest absolute Gasteiger partial charge is 0.356 e. The lowest BCUT2D eigenvalue weighted by Crippen LogP contribution is -2.49. The highest BCUT2D eigenvalue weighted by molar-refractivity contribution is 14.0. The van der Waals surface area contributed by atoms with Crippen molar-refractivity contribution in [2.45, 2.75) is 44.6 Å². The molecule has 2 N–H and O–H groups in total. The molecule has 0 atom stereocenters. The molecule has 1 aromatic carbocycles. The number of hydrogen-bond acceptors (Lipinski definition) is 5. The quantitative estimate of drug-likeness (QED) is 0.289. The molecule has 3 rings (SSSR count). The Morgan fingerprint density at radius 1 is 1.19 bits per heavy atom. The number of halogens is 1. The summed E-state index contributed by atoms with van der Waals surface area (Å²) in [7, 11) is 3.49. The van der Waals surface area contributed by atoms with E-state index in [9.17, 15) is 4.79 Å². The highest BCUT2D eigenvalue weighted by Gasteiger charge is 2.30. The average Bonchev–Trinajstić information content (AvgIpc) is 3.20. The summed E-state index contributed by atoms with van der Waals surface area (Å²) in [5, 5.41) is 6.89. The van der Waals surface area contributed by atoms with Crippen molar-refractivity contribution in [1.82, 2.24) is 20.4 Å². The molecule has 180 valence electrons. The molecule has 1 aromatic rings. The Bertz CT molecular complexity index is 718. The van der Waals surface area contributed by atoms with Crippen LogP contribution in [0.1, 0.15) is 31.7 Å². The molecule has 1 amide bonds. The fourth-order valence-electron chi connectivity index (χ4n) is 3.82. The lowest BCUT2D eigenvalue weighted by atomic mass is 10.0. The number of ether oxygens (including phenoxy) is 2. The van der Waals surface area contributed by atoms with Crippen molar-refractivity contribution in [2.24, 2.45) is 4.99 Å². The van der Waals surface area contributed by atoms with E-state index in [1.54, 1.807) is 19.0 Å². The van der Waals surface area contributed by atoms with Crippen molar-refractivity contribution >= 4 is 35.8 Å². The lowest BCUT2D eigenvalue weighted by Gasteiger charge is -2.33. The van der Waals surface area contributed by atoms with Crippen LogP contribution in [0, 0.1) is 0 Å². The molecular weight excluding hydrogens is 521 g/mol. The first-order chi connectivity index (χ1) is 14.9. The zero-order valence-electron chi connectivity index (χ0n) is 19.5. The number of carbonyl (C=O) groups excluding carboxylic acids is 1. The van der Waals surface area contributed by atoms with Crippen LogP contribution in [0.25, 0.3) is 0 Å². The second-order valence-electron chi connectivity index (χ2n) is 8.64. The van der Waals surface area contributed by atoms with Crippen LogP contribution in [0.4, 0.5) is 0 Å². The van der Waals surface area contributed by atoms with Gasteiger partial charge in [-0.05, 0) is 25.3 Å². The number of amides is 1. The van der Waals surface area contributed by atoms with E-state index in [4.69, 9.17) is 9.47 Å². The van der Waals surface area contributed by atoms with Gasteiger partial charge in [-0.2, -0.15) is 0 Å². The van der Waals surface area contributed by atoms with E-state index >= 15 is 0 Å².